The number of carbonyl (C=O) groups excluding carboxylic acids is 2. The number of thiophene rings is 1. The van der Waals surface area contributed by atoms with Crippen LogP contribution in [-0.4, -0.2) is 80.7 Å². The van der Waals surface area contributed by atoms with Gasteiger partial charge in [0.05, 0.1) is 31.6 Å². The molecule has 0 unspecified atom stereocenters. The lowest BCUT2D eigenvalue weighted by Crippen LogP contribution is -2.48. The van der Waals surface area contributed by atoms with Gasteiger partial charge in [0, 0.05) is 49.6 Å². The predicted molar refractivity (Wildman–Crippen MR) is 147 cm³/mol. The normalized spacial score (nSPS) is 19.7. The molecule has 0 spiro atoms. The van der Waals surface area contributed by atoms with Crippen LogP contribution in [0.1, 0.15) is 32.4 Å². The molecule has 1 aliphatic heterocycles. The Morgan fingerprint density at radius 3 is 2.82 bits per heavy atom. The van der Waals surface area contributed by atoms with Gasteiger partial charge in [-0.15, -0.1) is 16.4 Å². The first-order valence-electron chi connectivity index (χ1n) is 12.9. The topological polar surface area (TPSA) is 113 Å². The highest BCUT2D eigenvalue weighted by atomic mass is 32.1. The van der Waals surface area contributed by atoms with Gasteiger partial charge in [-0.3, -0.25) is 9.48 Å². The molecule has 0 radical (unpaired) electrons. The summed E-state index contributed by atoms with van der Waals surface area (Å²) in [6, 6.07) is 11.3. The van der Waals surface area contributed by atoms with Crippen LogP contribution in [0.3, 0.4) is 0 Å². The minimum atomic E-state index is -0.376. The lowest BCUT2D eigenvalue weighted by Gasteiger charge is -2.35. The summed E-state index contributed by atoms with van der Waals surface area (Å²) in [6.45, 7) is 5.27. The molecule has 3 atom stereocenters. The number of hydrogen-bond donors (Lipinski definition) is 2. The summed E-state index contributed by atoms with van der Waals surface area (Å²) < 4.78 is 7.97. The van der Waals surface area contributed by atoms with Crippen molar-refractivity contribution in [3.8, 4) is 10.4 Å². The van der Waals surface area contributed by atoms with Crippen LogP contribution in [0.4, 0.5) is 10.5 Å². The van der Waals surface area contributed by atoms with Crippen LogP contribution in [0, 0.1) is 5.92 Å². The molecule has 11 heteroatoms. The average molecular weight is 541 g/mol. The Hall–Kier alpha value is -3.28. The third-order valence-electron chi connectivity index (χ3n) is 6.79. The smallest absolute Gasteiger partial charge is 0.321 e. The van der Waals surface area contributed by atoms with Gasteiger partial charge < -0.3 is 25.0 Å². The quantitative estimate of drug-likeness (QED) is 0.493. The zero-order valence-corrected chi connectivity index (χ0v) is 22.9. The van der Waals surface area contributed by atoms with E-state index < -0.39 is 0 Å². The standard InChI is InChI=1S/C27H36N6O4S/c1-19-14-33(20(2)17-34)26(35)7-4-12-32-15-23(29-30-32)18-37-24(19)16-31(3)27(36)28-22-10-8-21(9-11-22)25-6-5-13-38-25/h5-6,8-11,13,15,19-20,24,34H,4,7,12,14,16-18H2,1-3H3,(H,28,36)/t19-,20-,24+/m1/s1. The van der Waals surface area contributed by atoms with E-state index in [1.807, 2.05) is 55.8 Å². The minimum absolute atomic E-state index is 0.0196. The van der Waals surface area contributed by atoms with Crippen molar-refractivity contribution in [1.29, 1.82) is 0 Å². The van der Waals surface area contributed by atoms with Crippen LogP contribution < -0.4 is 5.32 Å². The molecule has 0 saturated carbocycles. The molecule has 0 fully saturated rings. The average Bonchev–Trinajstić information content (AvgIpc) is 3.61. The molecule has 2 aromatic heterocycles. The number of ether oxygens (including phenoxy) is 1. The fraction of sp³-hybridized carbons (Fsp3) is 0.481. The Kier molecular flexibility index (Phi) is 9.48. The molecule has 1 aliphatic rings. The summed E-state index contributed by atoms with van der Waals surface area (Å²) in [5, 5.41) is 23.1. The van der Waals surface area contributed by atoms with Gasteiger partial charge in [0.15, 0.2) is 0 Å². The van der Waals surface area contributed by atoms with Gasteiger partial charge in [-0.2, -0.15) is 0 Å². The third-order valence-corrected chi connectivity index (χ3v) is 7.71. The second-order valence-corrected chi connectivity index (χ2v) is 10.8. The van der Waals surface area contributed by atoms with Crippen LogP contribution in [-0.2, 0) is 22.7 Å². The van der Waals surface area contributed by atoms with Gasteiger partial charge in [-0.05, 0) is 42.5 Å². The number of aryl methyl sites for hydroxylation is 1. The monoisotopic (exact) mass is 540 g/mol. The number of nitrogens with one attached hydrogen (secondary N) is 1. The number of aliphatic hydroxyl groups is 1. The third kappa shape index (κ3) is 7.18. The van der Waals surface area contributed by atoms with E-state index in [9.17, 15) is 14.7 Å². The Bertz CT molecular complexity index is 1180. The van der Waals surface area contributed by atoms with Crippen molar-refractivity contribution in [3.05, 3.63) is 53.7 Å². The van der Waals surface area contributed by atoms with Gasteiger partial charge in [-0.1, -0.05) is 30.3 Å². The van der Waals surface area contributed by atoms with E-state index in [4.69, 9.17) is 4.74 Å². The maximum absolute atomic E-state index is 13.0. The summed E-state index contributed by atoms with van der Waals surface area (Å²) in [5.74, 6) is -0.127. The molecule has 2 bridgehead atoms. The minimum Gasteiger partial charge on any atom is -0.394 e. The molecule has 2 N–H and O–H groups in total. The van der Waals surface area contributed by atoms with E-state index in [1.54, 1.807) is 32.9 Å². The molecule has 204 valence electrons. The molecule has 1 aromatic carbocycles. The number of aromatic nitrogens is 3. The number of rotatable bonds is 6. The number of fused-ring (bicyclic) bond motifs is 2. The van der Waals surface area contributed by atoms with E-state index in [1.165, 1.54) is 4.88 Å². The van der Waals surface area contributed by atoms with Crippen molar-refractivity contribution in [2.45, 2.75) is 52.0 Å². The molecule has 3 amide bonds. The first kappa shape index (κ1) is 27.7. The summed E-state index contributed by atoms with van der Waals surface area (Å²) in [6.07, 6.45) is 2.44. The second kappa shape index (κ2) is 13.0. The maximum atomic E-state index is 13.0. The van der Waals surface area contributed by atoms with Crippen LogP contribution in [0.5, 0.6) is 0 Å². The highest BCUT2D eigenvalue weighted by Gasteiger charge is 2.29. The largest absolute Gasteiger partial charge is 0.394 e. The van der Waals surface area contributed by atoms with Crippen molar-refractivity contribution in [2.75, 3.05) is 32.1 Å². The molecular formula is C27H36N6O4S. The number of amides is 3. The van der Waals surface area contributed by atoms with E-state index in [0.717, 1.165) is 5.56 Å². The molecular weight excluding hydrogens is 504 g/mol. The zero-order chi connectivity index (χ0) is 27.1. The van der Waals surface area contributed by atoms with E-state index in [0.29, 0.717) is 43.9 Å². The first-order chi connectivity index (χ1) is 18.3. The van der Waals surface area contributed by atoms with Gasteiger partial charge in [-0.25, -0.2) is 4.79 Å². The molecule has 0 aliphatic carbocycles. The number of benzene rings is 1. The summed E-state index contributed by atoms with van der Waals surface area (Å²) >= 11 is 1.67. The van der Waals surface area contributed by atoms with E-state index in [2.05, 4.69) is 21.7 Å². The molecule has 10 nitrogen and oxygen atoms in total. The Morgan fingerprint density at radius 1 is 1.32 bits per heavy atom. The lowest BCUT2D eigenvalue weighted by molar-refractivity contribution is -0.136. The second-order valence-electron chi connectivity index (χ2n) is 9.85. The van der Waals surface area contributed by atoms with Crippen molar-refractivity contribution >= 4 is 29.0 Å². The number of likely N-dealkylation sites (N-methyl/N-ethyl adjacent to an activating group) is 1. The van der Waals surface area contributed by atoms with Gasteiger partial charge in [0.1, 0.15) is 5.69 Å². The zero-order valence-electron chi connectivity index (χ0n) is 22.1. The first-order valence-corrected chi connectivity index (χ1v) is 13.8. The fourth-order valence-electron chi connectivity index (χ4n) is 4.43. The van der Waals surface area contributed by atoms with Crippen LogP contribution in [0.2, 0.25) is 0 Å². The number of aliphatic hydroxyl groups excluding tert-OH is 1. The van der Waals surface area contributed by atoms with Gasteiger partial charge in [0.25, 0.3) is 0 Å². The Balaban J connectivity index is 1.44. The van der Waals surface area contributed by atoms with E-state index >= 15 is 0 Å². The SMILES string of the molecule is C[C@@H]1CN([C@H](C)CO)C(=O)CCCn2cc(nn2)CO[C@H]1CN(C)C(=O)Nc1ccc(-c2cccs2)cc1. The maximum Gasteiger partial charge on any atom is 0.321 e. The Labute approximate surface area is 227 Å². The fourth-order valence-corrected chi connectivity index (χ4v) is 5.16. The van der Waals surface area contributed by atoms with Gasteiger partial charge in [0.2, 0.25) is 5.91 Å². The molecule has 0 saturated heterocycles. The lowest BCUT2D eigenvalue weighted by atomic mass is 10.0. The molecule has 4 rings (SSSR count). The highest BCUT2D eigenvalue weighted by Crippen LogP contribution is 2.26. The predicted octanol–water partition coefficient (Wildman–Crippen LogP) is 3.70. The highest BCUT2D eigenvalue weighted by molar-refractivity contribution is 7.13. The number of urea groups is 1. The number of hydrogen-bond acceptors (Lipinski definition) is 7. The number of nitrogens with zero attached hydrogens (tertiary/aromatic N) is 5. The van der Waals surface area contributed by atoms with Gasteiger partial charge >= 0.3 is 6.03 Å². The van der Waals surface area contributed by atoms with Crippen LogP contribution in [0.25, 0.3) is 10.4 Å². The molecule has 3 heterocycles. The van der Waals surface area contributed by atoms with Crippen LogP contribution >= 0.6 is 11.3 Å². The molecule has 3 aromatic rings. The summed E-state index contributed by atoms with van der Waals surface area (Å²) in [7, 11) is 1.72. The number of anilines is 1. The van der Waals surface area contributed by atoms with Crippen molar-refractivity contribution in [1.82, 2.24) is 24.8 Å². The summed E-state index contributed by atoms with van der Waals surface area (Å²) in [4.78, 5) is 30.5. The van der Waals surface area contributed by atoms with Crippen molar-refractivity contribution in [2.24, 2.45) is 5.92 Å². The molecule has 38 heavy (non-hydrogen) atoms. The van der Waals surface area contributed by atoms with E-state index in [-0.39, 0.29) is 43.2 Å². The Morgan fingerprint density at radius 2 is 2.11 bits per heavy atom. The van der Waals surface area contributed by atoms with Crippen molar-refractivity contribution < 1.29 is 19.4 Å². The van der Waals surface area contributed by atoms with Crippen LogP contribution in [0.15, 0.2) is 48.0 Å². The number of carbonyl (C=O) groups is 2. The summed E-state index contributed by atoms with van der Waals surface area (Å²) in [5.41, 5.74) is 2.51. The van der Waals surface area contributed by atoms with Crippen molar-refractivity contribution in [3.63, 3.8) is 0 Å².